The maximum absolute atomic E-state index is 11.9. The van der Waals surface area contributed by atoms with E-state index in [0.717, 1.165) is 5.75 Å². The number of carbonyl (C=O) groups is 2. The summed E-state index contributed by atoms with van der Waals surface area (Å²) in [6.45, 7) is 5.64. The Balaban J connectivity index is 1.68. The Kier molecular flexibility index (Phi) is 6.88. The summed E-state index contributed by atoms with van der Waals surface area (Å²) in [4.78, 5) is 23.6. The molecule has 2 amide bonds. The molecule has 0 saturated carbocycles. The highest BCUT2D eigenvalue weighted by Crippen LogP contribution is 2.17. The molecule has 1 heterocycles. The second kappa shape index (κ2) is 9.12. The fourth-order valence-electron chi connectivity index (χ4n) is 1.93. The van der Waals surface area contributed by atoms with Crippen molar-refractivity contribution in [3.8, 4) is 5.75 Å². The molecular weight excluding hydrogens is 342 g/mol. The highest BCUT2D eigenvalue weighted by Gasteiger charge is 2.09. The number of amides is 2. The number of rotatable bonds is 8. The lowest BCUT2D eigenvalue weighted by Gasteiger charge is -2.10. The first-order valence-electron chi connectivity index (χ1n) is 7.80. The van der Waals surface area contributed by atoms with Crippen molar-refractivity contribution in [1.29, 1.82) is 0 Å². The number of carbonyl (C=O) groups excluding carboxylic acids is 2. The van der Waals surface area contributed by atoms with E-state index in [2.05, 4.69) is 15.8 Å². The van der Waals surface area contributed by atoms with Gasteiger partial charge in [0.15, 0.2) is 5.82 Å². The lowest BCUT2D eigenvalue weighted by molar-refractivity contribution is -0.114. The van der Waals surface area contributed by atoms with E-state index in [1.165, 1.54) is 11.8 Å². The molecule has 7 nitrogen and oxygen atoms in total. The van der Waals surface area contributed by atoms with Crippen LogP contribution in [-0.4, -0.2) is 34.6 Å². The fourth-order valence-corrected chi connectivity index (χ4v) is 2.54. The predicted octanol–water partition coefficient (Wildman–Crippen LogP) is 3.08. The minimum atomic E-state index is -0.235. The van der Waals surface area contributed by atoms with E-state index in [4.69, 9.17) is 9.26 Å². The maximum Gasteiger partial charge on any atom is 0.235 e. The van der Waals surface area contributed by atoms with Gasteiger partial charge in [-0.25, -0.2) is 0 Å². The van der Waals surface area contributed by atoms with E-state index >= 15 is 0 Å². The number of benzene rings is 1. The Morgan fingerprint density at radius 3 is 2.36 bits per heavy atom. The number of nitrogens with zero attached hydrogens (tertiary/aromatic N) is 1. The zero-order chi connectivity index (χ0) is 18.2. The van der Waals surface area contributed by atoms with Crippen LogP contribution in [0.5, 0.6) is 5.75 Å². The maximum atomic E-state index is 11.9. The van der Waals surface area contributed by atoms with Crippen molar-refractivity contribution in [2.45, 2.75) is 26.9 Å². The Labute approximate surface area is 150 Å². The number of anilines is 2. The van der Waals surface area contributed by atoms with Crippen LogP contribution in [0.2, 0.25) is 0 Å². The predicted molar refractivity (Wildman–Crippen MR) is 98.0 cm³/mol. The summed E-state index contributed by atoms with van der Waals surface area (Å²) < 4.78 is 10.4. The molecule has 2 aromatic rings. The SMILES string of the molecule is Cc1cc(NC(=O)CSCC(=O)Nc2ccc(OC(C)C)cc2)no1. The minimum Gasteiger partial charge on any atom is -0.491 e. The van der Waals surface area contributed by atoms with Crippen molar-refractivity contribution >= 4 is 35.1 Å². The summed E-state index contributed by atoms with van der Waals surface area (Å²) in [5.41, 5.74) is 0.684. The molecule has 0 spiro atoms. The van der Waals surface area contributed by atoms with Crippen molar-refractivity contribution in [2.75, 3.05) is 22.1 Å². The van der Waals surface area contributed by atoms with Crippen LogP contribution in [0.1, 0.15) is 19.6 Å². The van der Waals surface area contributed by atoms with Gasteiger partial charge in [0.1, 0.15) is 11.5 Å². The monoisotopic (exact) mass is 363 g/mol. The van der Waals surface area contributed by atoms with Crippen LogP contribution in [-0.2, 0) is 9.59 Å². The molecule has 0 saturated heterocycles. The van der Waals surface area contributed by atoms with Gasteiger partial charge in [0.2, 0.25) is 11.8 Å². The smallest absolute Gasteiger partial charge is 0.235 e. The van der Waals surface area contributed by atoms with E-state index in [1.54, 1.807) is 37.3 Å². The number of nitrogens with one attached hydrogen (secondary N) is 2. The standard InChI is InChI=1S/C17H21N3O4S/c1-11(2)23-14-6-4-13(5-7-14)18-16(21)9-25-10-17(22)19-15-8-12(3)24-20-15/h4-8,11H,9-10H2,1-3H3,(H,18,21)(H,19,20,22). The van der Waals surface area contributed by atoms with Crippen molar-refractivity contribution in [2.24, 2.45) is 0 Å². The van der Waals surface area contributed by atoms with Crippen LogP contribution >= 0.6 is 11.8 Å². The molecule has 1 aromatic heterocycles. The number of hydrogen-bond acceptors (Lipinski definition) is 6. The first-order chi connectivity index (χ1) is 11.9. The minimum absolute atomic E-state index is 0.101. The number of aryl methyl sites for hydroxylation is 1. The molecule has 8 heteroatoms. The zero-order valence-electron chi connectivity index (χ0n) is 14.4. The van der Waals surface area contributed by atoms with Crippen LogP contribution in [0.25, 0.3) is 0 Å². The average molecular weight is 363 g/mol. The summed E-state index contributed by atoms with van der Waals surface area (Å²) in [6, 6.07) is 8.79. The average Bonchev–Trinajstić information content (AvgIpc) is 2.93. The van der Waals surface area contributed by atoms with Gasteiger partial charge in [-0.05, 0) is 45.0 Å². The van der Waals surface area contributed by atoms with Gasteiger partial charge in [-0.3, -0.25) is 9.59 Å². The molecule has 2 N–H and O–H groups in total. The highest BCUT2D eigenvalue weighted by molar-refractivity contribution is 8.00. The molecule has 0 unspecified atom stereocenters. The van der Waals surface area contributed by atoms with Crippen molar-refractivity contribution in [3.63, 3.8) is 0 Å². The lowest BCUT2D eigenvalue weighted by atomic mass is 10.3. The van der Waals surface area contributed by atoms with E-state index in [1.807, 2.05) is 13.8 Å². The first-order valence-corrected chi connectivity index (χ1v) is 8.95. The Morgan fingerprint density at radius 2 is 1.80 bits per heavy atom. The summed E-state index contributed by atoms with van der Waals surface area (Å²) in [7, 11) is 0. The molecule has 0 atom stereocenters. The van der Waals surface area contributed by atoms with Crippen molar-refractivity contribution in [1.82, 2.24) is 5.16 Å². The zero-order valence-corrected chi connectivity index (χ0v) is 15.2. The van der Waals surface area contributed by atoms with Gasteiger partial charge in [-0.15, -0.1) is 11.8 Å². The third-order valence-electron chi connectivity index (χ3n) is 2.87. The second-order valence-electron chi connectivity index (χ2n) is 5.60. The number of ether oxygens (including phenoxy) is 1. The lowest BCUT2D eigenvalue weighted by Crippen LogP contribution is -2.18. The molecule has 0 fully saturated rings. The number of thioether (sulfide) groups is 1. The van der Waals surface area contributed by atoms with Crippen LogP contribution in [0, 0.1) is 6.92 Å². The molecular formula is C17H21N3O4S. The molecule has 0 radical (unpaired) electrons. The molecule has 1 aromatic carbocycles. The van der Waals surface area contributed by atoms with Gasteiger partial charge in [-0.1, -0.05) is 5.16 Å². The normalized spacial score (nSPS) is 10.6. The third kappa shape index (κ3) is 6.88. The Morgan fingerprint density at radius 1 is 1.16 bits per heavy atom. The molecule has 0 aliphatic rings. The second-order valence-corrected chi connectivity index (χ2v) is 6.59. The van der Waals surface area contributed by atoms with Gasteiger partial charge in [-0.2, -0.15) is 0 Å². The summed E-state index contributed by atoms with van der Waals surface area (Å²) in [6.07, 6.45) is 0.101. The number of aromatic nitrogens is 1. The number of hydrogen-bond donors (Lipinski definition) is 2. The van der Waals surface area contributed by atoms with Gasteiger partial charge in [0.05, 0.1) is 17.6 Å². The van der Waals surface area contributed by atoms with Crippen LogP contribution in [0.3, 0.4) is 0 Å². The van der Waals surface area contributed by atoms with Gasteiger partial charge >= 0.3 is 0 Å². The Bertz CT molecular complexity index is 713. The van der Waals surface area contributed by atoms with E-state index in [-0.39, 0.29) is 29.4 Å². The molecule has 134 valence electrons. The molecule has 25 heavy (non-hydrogen) atoms. The Hall–Kier alpha value is -2.48. The van der Waals surface area contributed by atoms with Crippen molar-refractivity contribution < 1.29 is 18.8 Å². The highest BCUT2D eigenvalue weighted by atomic mass is 32.2. The van der Waals surface area contributed by atoms with E-state index in [0.29, 0.717) is 17.3 Å². The van der Waals surface area contributed by atoms with Crippen molar-refractivity contribution in [3.05, 3.63) is 36.1 Å². The summed E-state index contributed by atoms with van der Waals surface area (Å²) >= 11 is 1.22. The topological polar surface area (TPSA) is 93.5 Å². The molecule has 0 aliphatic heterocycles. The van der Waals surface area contributed by atoms with Gasteiger partial charge < -0.3 is 19.9 Å². The van der Waals surface area contributed by atoms with Crippen LogP contribution in [0.4, 0.5) is 11.5 Å². The van der Waals surface area contributed by atoms with E-state index in [9.17, 15) is 9.59 Å². The summed E-state index contributed by atoms with van der Waals surface area (Å²) in [5, 5.41) is 9.05. The summed E-state index contributed by atoms with van der Waals surface area (Å²) in [5.74, 6) is 1.66. The third-order valence-corrected chi connectivity index (χ3v) is 3.80. The van der Waals surface area contributed by atoms with E-state index < -0.39 is 0 Å². The molecule has 0 aliphatic carbocycles. The molecule has 0 bridgehead atoms. The fraction of sp³-hybridized carbons (Fsp3) is 0.353. The van der Waals surface area contributed by atoms with Crippen LogP contribution in [0.15, 0.2) is 34.9 Å². The van der Waals surface area contributed by atoms with Gasteiger partial charge in [0, 0.05) is 11.8 Å². The largest absolute Gasteiger partial charge is 0.491 e. The first kappa shape index (κ1) is 18.9. The van der Waals surface area contributed by atoms with Crippen LogP contribution < -0.4 is 15.4 Å². The quantitative estimate of drug-likeness (QED) is 0.749. The van der Waals surface area contributed by atoms with Gasteiger partial charge in [0.25, 0.3) is 0 Å². The molecule has 2 rings (SSSR count).